The van der Waals surface area contributed by atoms with Crippen LogP contribution in [-0.2, 0) is 52.7 Å². The molecule has 0 aliphatic heterocycles. The Balaban J connectivity index is 6.64. The van der Waals surface area contributed by atoms with Crippen molar-refractivity contribution in [3.05, 3.63) is 0 Å². The van der Waals surface area contributed by atoms with Gasteiger partial charge in [-0.2, -0.15) is 0 Å². The Hall–Kier alpha value is -5.83. The van der Waals surface area contributed by atoms with Gasteiger partial charge in [0.15, 0.2) is 0 Å². The predicted octanol–water partition coefficient (Wildman–Crippen LogP) is 1.20. The van der Waals surface area contributed by atoms with Crippen molar-refractivity contribution < 1.29 is 68.1 Å². The molecule has 0 saturated heterocycles. The first-order chi connectivity index (χ1) is 31.3. The van der Waals surface area contributed by atoms with E-state index in [0.717, 1.165) is 0 Å². The molecule has 0 radical (unpaired) electrons. The van der Waals surface area contributed by atoms with E-state index in [9.17, 15) is 63.0 Å². The van der Waals surface area contributed by atoms with Gasteiger partial charge in [-0.3, -0.25) is 47.9 Å². The van der Waals surface area contributed by atoms with E-state index < -0.39 is 126 Å². The second kappa shape index (κ2) is 30.5. The Morgan fingerprint density at radius 3 is 0.662 bits per heavy atom. The largest absolute Gasteiger partial charge is 0.481 e. The second-order valence-corrected chi connectivity index (χ2v) is 20.0. The standard InChI is InChI=1S/C46H80N8O14/c1-22(2)14-29(47-28(13)55)39(60)48-30(15-23(3)4)40(61)49-31(16-24(5)6)41(62)50-32(17-25(7)8)42(63)51-33(18-26(9)10)43(64)52-34(19-27(11)12)44(65)53-35(20-37(56)57)45(66)54-36(46(67)68)21-38(58)59/h22-27,29-36H,14-21H2,1-13H3,(H,47,55)(H,48,60)(H,49,61)(H,50,62)(H,51,63)(H,52,64)(H,53,65)(H,54,66)(H,56,57)(H,58,59)(H,67,68)/t29-,30-,31-,32-,33-,34-,35-,36-/m0/s1. The van der Waals surface area contributed by atoms with Gasteiger partial charge >= 0.3 is 17.9 Å². The van der Waals surface area contributed by atoms with Gasteiger partial charge in [-0.1, -0.05) is 83.1 Å². The molecule has 0 bridgehead atoms. The molecule has 0 aliphatic carbocycles. The number of aliphatic carboxylic acids is 3. The van der Waals surface area contributed by atoms with Crippen molar-refractivity contribution in [2.45, 2.75) is 190 Å². The van der Waals surface area contributed by atoms with Crippen LogP contribution in [0.4, 0.5) is 0 Å². The fraction of sp³-hybridized carbons (Fsp3) is 0.761. The summed E-state index contributed by atoms with van der Waals surface area (Å²) in [6, 6.07) is -10.9. The third-order valence-corrected chi connectivity index (χ3v) is 10.1. The maximum absolute atomic E-state index is 14.1. The van der Waals surface area contributed by atoms with Crippen molar-refractivity contribution in [1.82, 2.24) is 42.5 Å². The van der Waals surface area contributed by atoms with E-state index >= 15 is 0 Å². The average Bonchev–Trinajstić information content (AvgIpc) is 3.16. The summed E-state index contributed by atoms with van der Waals surface area (Å²) in [5.74, 6) is -11.8. The number of nitrogens with one attached hydrogen (secondary N) is 8. The van der Waals surface area contributed by atoms with Gasteiger partial charge in [-0.05, 0) is 74.0 Å². The highest BCUT2D eigenvalue weighted by Gasteiger charge is 2.36. The van der Waals surface area contributed by atoms with Gasteiger partial charge in [0.25, 0.3) is 0 Å². The van der Waals surface area contributed by atoms with E-state index in [1.54, 1.807) is 27.7 Å². The van der Waals surface area contributed by atoms with Gasteiger partial charge in [-0.25, -0.2) is 4.79 Å². The monoisotopic (exact) mass is 969 g/mol. The smallest absolute Gasteiger partial charge is 0.326 e. The minimum absolute atomic E-state index is 0.0391. The SMILES string of the molecule is CC(=O)N[C@@H](CC(C)C)C(=O)N[C@@H](CC(C)C)C(=O)N[C@@H](CC(C)C)C(=O)N[C@@H](CC(C)C)C(=O)N[C@@H](CC(C)C)C(=O)N[C@@H](CC(C)C)C(=O)N[C@@H](CC(=O)O)C(=O)N[C@@H](CC(=O)O)C(=O)O. The lowest BCUT2D eigenvalue weighted by molar-refractivity contribution is -0.148. The van der Waals surface area contributed by atoms with Crippen molar-refractivity contribution in [3.8, 4) is 0 Å². The molecule has 22 heteroatoms. The van der Waals surface area contributed by atoms with Gasteiger partial charge in [0, 0.05) is 6.92 Å². The first-order valence-electron chi connectivity index (χ1n) is 23.4. The van der Waals surface area contributed by atoms with Crippen LogP contribution in [-0.4, -0.2) is 129 Å². The van der Waals surface area contributed by atoms with Crippen LogP contribution < -0.4 is 42.5 Å². The summed E-state index contributed by atoms with van der Waals surface area (Å²) in [4.78, 5) is 143. The third-order valence-electron chi connectivity index (χ3n) is 10.1. The van der Waals surface area contributed by atoms with Gasteiger partial charge in [0.05, 0.1) is 12.8 Å². The molecule has 11 N–H and O–H groups in total. The van der Waals surface area contributed by atoms with Crippen LogP contribution in [0.15, 0.2) is 0 Å². The minimum Gasteiger partial charge on any atom is -0.481 e. The molecule has 68 heavy (non-hydrogen) atoms. The summed E-state index contributed by atoms with van der Waals surface area (Å²) in [5.41, 5.74) is 0. The molecule has 0 aromatic rings. The van der Waals surface area contributed by atoms with Crippen LogP contribution in [0.1, 0.15) is 141 Å². The Bertz CT molecular complexity index is 1750. The van der Waals surface area contributed by atoms with Gasteiger partial charge in [0.2, 0.25) is 47.3 Å². The Kier molecular flexibility index (Phi) is 27.9. The van der Waals surface area contributed by atoms with Crippen molar-refractivity contribution in [3.63, 3.8) is 0 Å². The molecular formula is C46H80N8O14. The third kappa shape index (κ3) is 25.9. The summed E-state index contributed by atoms with van der Waals surface area (Å²) in [5, 5.41) is 48.3. The van der Waals surface area contributed by atoms with E-state index in [-0.39, 0.29) is 67.6 Å². The van der Waals surface area contributed by atoms with Crippen LogP contribution in [0, 0.1) is 35.5 Å². The summed E-state index contributed by atoms with van der Waals surface area (Å²) in [6.45, 7) is 23.1. The fourth-order valence-electron chi connectivity index (χ4n) is 7.13. The Morgan fingerprint density at radius 2 is 0.471 bits per heavy atom. The van der Waals surface area contributed by atoms with E-state index in [1.807, 2.05) is 60.7 Å². The van der Waals surface area contributed by atoms with E-state index in [2.05, 4.69) is 37.2 Å². The number of carbonyl (C=O) groups excluding carboxylic acids is 8. The summed E-state index contributed by atoms with van der Waals surface area (Å²) in [6.07, 6.45) is -1.28. The summed E-state index contributed by atoms with van der Waals surface area (Å²) >= 11 is 0. The quantitative estimate of drug-likeness (QED) is 0.0452. The number of hydrogen-bond donors (Lipinski definition) is 11. The van der Waals surface area contributed by atoms with Crippen LogP contribution in [0.25, 0.3) is 0 Å². The highest BCUT2D eigenvalue weighted by molar-refractivity contribution is 5.98. The molecular weight excluding hydrogens is 889 g/mol. The number of carbonyl (C=O) groups is 11. The minimum atomic E-state index is -1.95. The summed E-state index contributed by atoms with van der Waals surface area (Å²) < 4.78 is 0. The van der Waals surface area contributed by atoms with Gasteiger partial charge in [-0.15, -0.1) is 0 Å². The van der Waals surface area contributed by atoms with E-state index in [4.69, 9.17) is 5.11 Å². The zero-order valence-corrected chi connectivity index (χ0v) is 42.1. The lowest BCUT2D eigenvalue weighted by Gasteiger charge is -2.30. The second-order valence-electron chi connectivity index (χ2n) is 20.0. The maximum atomic E-state index is 14.1. The number of hydrogen-bond acceptors (Lipinski definition) is 11. The highest BCUT2D eigenvalue weighted by atomic mass is 16.4. The zero-order chi connectivity index (χ0) is 52.7. The predicted molar refractivity (Wildman–Crippen MR) is 250 cm³/mol. The molecule has 8 amide bonds. The molecule has 0 rings (SSSR count). The summed E-state index contributed by atoms with van der Waals surface area (Å²) in [7, 11) is 0. The molecule has 0 aliphatic rings. The molecule has 0 spiro atoms. The molecule has 0 aromatic carbocycles. The lowest BCUT2D eigenvalue weighted by Crippen LogP contribution is -2.60. The van der Waals surface area contributed by atoms with E-state index in [0.29, 0.717) is 6.42 Å². The first kappa shape index (κ1) is 62.2. The lowest BCUT2D eigenvalue weighted by atomic mass is 9.97. The number of carboxylic acid groups (broad SMARTS) is 3. The van der Waals surface area contributed by atoms with Crippen LogP contribution >= 0.6 is 0 Å². The molecule has 0 saturated carbocycles. The van der Waals surface area contributed by atoms with Crippen molar-refractivity contribution in [2.24, 2.45) is 35.5 Å². The molecule has 22 nitrogen and oxygen atoms in total. The molecule has 0 heterocycles. The Morgan fingerprint density at radius 1 is 0.294 bits per heavy atom. The van der Waals surface area contributed by atoms with Crippen LogP contribution in [0.5, 0.6) is 0 Å². The highest BCUT2D eigenvalue weighted by Crippen LogP contribution is 2.15. The fourth-order valence-corrected chi connectivity index (χ4v) is 7.13. The number of rotatable bonds is 32. The number of carboxylic acids is 3. The van der Waals surface area contributed by atoms with Gasteiger partial charge in [0.1, 0.15) is 48.3 Å². The van der Waals surface area contributed by atoms with Crippen molar-refractivity contribution in [2.75, 3.05) is 0 Å². The maximum Gasteiger partial charge on any atom is 0.326 e. The average molecular weight is 969 g/mol. The first-order valence-corrected chi connectivity index (χ1v) is 23.4. The zero-order valence-electron chi connectivity index (χ0n) is 42.1. The normalized spacial score (nSPS) is 15.0. The van der Waals surface area contributed by atoms with Crippen molar-refractivity contribution >= 4 is 65.2 Å². The van der Waals surface area contributed by atoms with Crippen LogP contribution in [0.2, 0.25) is 0 Å². The topological polar surface area (TPSA) is 345 Å². The number of amides is 8. The van der Waals surface area contributed by atoms with Gasteiger partial charge < -0.3 is 57.9 Å². The molecule has 0 aromatic heterocycles. The molecule has 388 valence electrons. The molecule has 0 unspecified atom stereocenters. The Labute approximate surface area is 400 Å². The molecule has 0 fully saturated rings. The van der Waals surface area contributed by atoms with Crippen molar-refractivity contribution in [1.29, 1.82) is 0 Å². The van der Waals surface area contributed by atoms with Crippen LogP contribution in [0.3, 0.4) is 0 Å². The van der Waals surface area contributed by atoms with E-state index in [1.165, 1.54) is 6.92 Å². The molecule has 8 atom stereocenters.